The van der Waals surface area contributed by atoms with Crippen molar-refractivity contribution in [2.75, 3.05) is 0 Å². The van der Waals surface area contributed by atoms with Crippen LogP contribution in [0.1, 0.15) is 50.8 Å². The first-order chi connectivity index (χ1) is 6.45. The smallest absolute Gasteiger partial charge is 0.203 e. The van der Waals surface area contributed by atoms with Crippen LogP contribution in [0.25, 0.3) is 0 Å². The molecule has 0 radical (unpaired) electrons. The summed E-state index contributed by atoms with van der Waals surface area (Å²) in [6.45, 7) is 8.13. The first kappa shape index (κ1) is 11.3. The Balaban J connectivity index is 3.46. The van der Waals surface area contributed by atoms with Crippen molar-refractivity contribution in [2.24, 2.45) is 0 Å². The molecule has 0 saturated carbocycles. The van der Waals surface area contributed by atoms with Crippen molar-refractivity contribution in [2.45, 2.75) is 39.5 Å². The third kappa shape index (κ3) is 2.01. The molecule has 0 aliphatic heterocycles. The Morgan fingerprint density at radius 2 is 1.79 bits per heavy atom. The molecule has 1 heterocycles. The van der Waals surface area contributed by atoms with Gasteiger partial charge in [0.25, 0.3) is 0 Å². The molecule has 0 bridgehead atoms. The van der Waals surface area contributed by atoms with Crippen LogP contribution >= 0.6 is 11.6 Å². The summed E-state index contributed by atoms with van der Waals surface area (Å²) in [4.78, 5) is 14.9. The summed E-state index contributed by atoms with van der Waals surface area (Å²) in [7, 11) is 0. The zero-order valence-electron chi connectivity index (χ0n) is 9.02. The van der Waals surface area contributed by atoms with E-state index in [0.717, 1.165) is 11.3 Å². The molecule has 0 spiro atoms. The van der Waals surface area contributed by atoms with E-state index < -0.39 is 0 Å². The van der Waals surface area contributed by atoms with E-state index in [0.29, 0.717) is 5.92 Å². The van der Waals surface area contributed by atoms with Crippen LogP contribution in [0.4, 0.5) is 0 Å². The minimum atomic E-state index is -0.0379. The maximum Gasteiger partial charge on any atom is 0.203 e. The van der Waals surface area contributed by atoms with Gasteiger partial charge < -0.3 is 4.98 Å². The van der Waals surface area contributed by atoms with Gasteiger partial charge in [-0.15, -0.1) is 0 Å². The van der Waals surface area contributed by atoms with Crippen LogP contribution in [-0.4, -0.2) is 4.98 Å². The van der Waals surface area contributed by atoms with Crippen LogP contribution in [0.5, 0.6) is 0 Å². The van der Waals surface area contributed by atoms with Crippen LogP contribution in [0.2, 0.25) is 5.02 Å². The van der Waals surface area contributed by atoms with Crippen LogP contribution in [0, 0.1) is 0 Å². The number of hydrogen-bond donors (Lipinski definition) is 1. The molecule has 0 atom stereocenters. The van der Waals surface area contributed by atoms with E-state index in [-0.39, 0.29) is 16.4 Å². The van der Waals surface area contributed by atoms with Crippen molar-refractivity contribution < 1.29 is 0 Å². The van der Waals surface area contributed by atoms with Crippen LogP contribution in [0.3, 0.4) is 0 Å². The Kier molecular flexibility index (Phi) is 3.38. The summed E-state index contributed by atoms with van der Waals surface area (Å²) in [5.74, 6) is 0.521. The van der Waals surface area contributed by atoms with Gasteiger partial charge in [-0.2, -0.15) is 0 Å². The van der Waals surface area contributed by atoms with Crippen molar-refractivity contribution in [3.63, 3.8) is 0 Å². The number of hydrogen-bond acceptors (Lipinski definition) is 1. The molecule has 0 fully saturated rings. The van der Waals surface area contributed by atoms with Crippen molar-refractivity contribution in [3.8, 4) is 0 Å². The monoisotopic (exact) mass is 213 g/mol. The molecule has 2 nitrogen and oxygen atoms in total. The lowest BCUT2D eigenvalue weighted by molar-refractivity contribution is 0.751. The summed E-state index contributed by atoms with van der Waals surface area (Å²) < 4.78 is 0. The fourth-order valence-electron chi connectivity index (χ4n) is 1.59. The zero-order chi connectivity index (χ0) is 10.9. The molecule has 1 aromatic heterocycles. The van der Waals surface area contributed by atoms with Crippen molar-refractivity contribution in [1.82, 2.24) is 4.98 Å². The van der Waals surface area contributed by atoms with Gasteiger partial charge in [-0.05, 0) is 11.8 Å². The van der Waals surface area contributed by atoms with E-state index in [1.54, 1.807) is 6.20 Å². The third-order valence-electron chi connectivity index (χ3n) is 2.26. The molecule has 1 N–H and O–H groups in total. The van der Waals surface area contributed by atoms with E-state index in [1.165, 1.54) is 0 Å². The van der Waals surface area contributed by atoms with Crippen LogP contribution in [-0.2, 0) is 0 Å². The van der Waals surface area contributed by atoms with E-state index in [9.17, 15) is 4.79 Å². The lowest BCUT2D eigenvalue weighted by atomic mass is 9.95. The maximum absolute atomic E-state index is 11.8. The molecule has 1 aromatic rings. The van der Waals surface area contributed by atoms with Crippen molar-refractivity contribution in [3.05, 3.63) is 32.7 Å². The van der Waals surface area contributed by atoms with E-state index in [1.807, 2.05) is 13.8 Å². The Bertz CT molecular complexity index is 379. The minimum Gasteiger partial charge on any atom is -0.363 e. The molecular weight excluding hydrogens is 198 g/mol. The van der Waals surface area contributed by atoms with E-state index in [4.69, 9.17) is 11.6 Å². The molecule has 0 unspecified atom stereocenters. The molecule has 78 valence electrons. The summed E-state index contributed by atoms with van der Waals surface area (Å²) >= 11 is 5.79. The number of nitrogens with one attached hydrogen (secondary N) is 1. The molecule has 0 aliphatic rings. The molecule has 14 heavy (non-hydrogen) atoms. The van der Waals surface area contributed by atoms with Gasteiger partial charge in [-0.25, -0.2) is 0 Å². The average Bonchev–Trinajstić information content (AvgIpc) is 2.08. The summed E-state index contributed by atoms with van der Waals surface area (Å²) in [5.41, 5.74) is 1.77. The molecule has 1 rings (SSSR count). The summed E-state index contributed by atoms with van der Waals surface area (Å²) in [6, 6.07) is 0. The van der Waals surface area contributed by atoms with Crippen molar-refractivity contribution >= 4 is 11.6 Å². The SMILES string of the molecule is CC(C)c1[nH]cc(Cl)c(=O)c1C(C)C. The van der Waals surface area contributed by atoms with Gasteiger partial charge in [0, 0.05) is 17.5 Å². The zero-order valence-corrected chi connectivity index (χ0v) is 9.77. The normalized spacial score (nSPS) is 11.4. The van der Waals surface area contributed by atoms with E-state index >= 15 is 0 Å². The topological polar surface area (TPSA) is 32.9 Å². The van der Waals surface area contributed by atoms with Gasteiger partial charge in [0.1, 0.15) is 5.02 Å². The van der Waals surface area contributed by atoms with Gasteiger partial charge in [-0.1, -0.05) is 39.3 Å². The molecule has 0 amide bonds. The molecule has 3 heteroatoms. The number of pyridine rings is 1. The first-order valence-electron chi connectivity index (χ1n) is 4.86. The van der Waals surface area contributed by atoms with Crippen LogP contribution < -0.4 is 5.43 Å². The predicted octanol–water partition coefficient (Wildman–Crippen LogP) is 3.28. The summed E-state index contributed by atoms with van der Waals surface area (Å²) in [5, 5.41) is 0.276. The second-order valence-electron chi connectivity index (χ2n) is 4.10. The molecule has 0 aliphatic carbocycles. The highest BCUT2D eigenvalue weighted by Crippen LogP contribution is 2.22. The van der Waals surface area contributed by atoms with Gasteiger partial charge in [0.05, 0.1) is 0 Å². The molecule has 0 saturated heterocycles. The maximum atomic E-state index is 11.8. The average molecular weight is 214 g/mol. The standard InChI is InChI=1S/C11H16ClNO/c1-6(2)9-10(7(3)4)13-5-8(12)11(9)14/h5-7H,1-4H3,(H,13,14). The van der Waals surface area contributed by atoms with Gasteiger partial charge >= 0.3 is 0 Å². The lowest BCUT2D eigenvalue weighted by Crippen LogP contribution is -2.16. The number of aromatic nitrogens is 1. The van der Waals surface area contributed by atoms with Crippen molar-refractivity contribution in [1.29, 1.82) is 0 Å². The Morgan fingerprint density at radius 1 is 1.21 bits per heavy atom. The van der Waals surface area contributed by atoms with Gasteiger partial charge in [0.15, 0.2) is 0 Å². The fourth-order valence-corrected chi connectivity index (χ4v) is 1.74. The fraction of sp³-hybridized carbons (Fsp3) is 0.545. The third-order valence-corrected chi connectivity index (χ3v) is 2.54. The predicted molar refractivity (Wildman–Crippen MR) is 60.3 cm³/mol. The summed E-state index contributed by atoms with van der Waals surface area (Å²) in [6.07, 6.45) is 1.57. The van der Waals surface area contributed by atoms with Gasteiger partial charge in [0.2, 0.25) is 5.43 Å². The molecular formula is C11H16ClNO. The number of H-pyrrole nitrogens is 1. The Hall–Kier alpha value is -0.760. The lowest BCUT2D eigenvalue weighted by Gasteiger charge is -2.14. The number of aromatic amines is 1. The van der Waals surface area contributed by atoms with E-state index in [2.05, 4.69) is 18.8 Å². The molecule has 0 aromatic carbocycles. The quantitative estimate of drug-likeness (QED) is 0.804. The number of halogens is 1. The van der Waals surface area contributed by atoms with Crippen LogP contribution in [0.15, 0.2) is 11.0 Å². The minimum absolute atomic E-state index is 0.0379. The highest BCUT2D eigenvalue weighted by atomic mass is 35.5. The Morgan fingerprint density at radius 3 is 2.21 bits per heavy atom. The second kappa shape index (κ2) is 4.18. The first-order valence-corrected chi connectivity index (χ1v) is 5.24. The highest BCUT2D eigenvalue weighted by molar-refractivity contribution is 6.30. The van der Waals surface area contributed by atoms with Gasteiger partial charge in [-0.3, -0.25) is 4.79 Å². The second-order valence-corrected chi connectivity index (χ2v) is 4.51. The Labute approximate surface area is 89.3 Å². The number of rotatable bonds is 2. The highest BCUT2D eigenvalue weighted by Gasteiger charge is 2.15. The largest absolute Gasteiger partial charge is 0.363 e.